The normalized spacial score (nSPS) is 17.5. The van der Waals surface area contributed by atoms with Gasteiger partial charge < -0.3 is 10.2 Å². The third-order valence-electron chi connectivity index (χ3n) is 4.24. The summed E-state index contributed by atoms with van der Waals surface area (Å²) in [4.78, 5) is 7.13. The average molecular weight is 269 g/mol. The van der Waals surface area contributed by atoms with Gasteiger partial charge in [-0.15, -0.1) is 0 Å². The van der Waals surface area contributed by atoms with E-state index in [-0.39, 0.29) is 0 Å². The van der Waals surface area contributed by atoms with Crippen molar-refractivity contribution in [2.75, 3.05) is 25.0 Å². The van der Waals surface area contributed by atoms with E-state index in [1.807, 2.05) is 0 Å². The molecule has 3 heteroatoms. The van der Waals surface area contributed by atoms with E-state index in [1.165, 1.54) is 43.5 Å². The number of pyridine rings is 1. The molecule has 3 nitrogen and oxygen atoms in total. The molecule has 0 saturated carbocycles. The molecule has 0 bridgehead atoms. The maximum atomic E-state index is 4.61. The third-order valence-corrected chi connectivity index (χ3v) is 4.24. The first-order chi connectivity index (χ1) is 9.76. The zero-order chi connectivity index (χ0) is 13.9. The van der Waals surface area contributed by atoms with Crippen LogP contribution in [0.1, 0.15) is 25.5 Å². The Morgan fingerprint density at radius 2 is 2.00 bits per heavy atom. The van der Waals surface area contributed by atoms with Gasteiger partial charge in [-0.3, -0.25) is 4.98 Å². The van der Waals surface area contributed by atoms with E-state index >= 15 is 0 Å². The highest BCUT2D eigenvalue weighted by Crippen LogP contribution is 2.25. The third kappa shape index (κ3) is 2.78. The first-order valence-electron chi connectivity index (χ1n) is 7.61. The van der Waals surface area contributed by atoms with E-state index in [0.717, 1.165) is 11.2 Å². The van der Waals surface area contributed by atoms with Gasteiger partial charge in [-0.1, -0.05) is 25.1 Å². The number of rotatable bonds is 3. The average Bonchev–Trinajstić information content (AvgIpc) is 2.48. The van der Waals surface area contributed by atoms with Crippen molar-refractivity contribution in [2.24, 2.45) is 0 Å². The molecule has 0 radical (unpaired) electrons. The van der Waals surface area contributed by atoms with Gasteiger partial charge in [0, 0.05) is 35.9 Å². The molecule has 0 spiro atoms. The predicted octanol–water partition coefficient (Wildman–Crippen LogP) is 3.44. The van der Waals surface area contributed by atoms with E-state index in [0.29, 0.717) is 6.04 Å². The Labute approximate surface area is 121 Å². The number of hydrogen-bond acceptors (Lipinski definition) is 3. The zero-order valence-electron chi connectivity index (χ0n) is 12.4. The summed E-state index contributed by atoms with van der Waals surface area (Å²) in [6.45, 7) is 7.89. The summed E-state index contributed by atoms with van der Waals surface area (Å²) in [6.07, 6.45) is 2.45. The van der Waals surface area contributed by atoms with Crippen LogP contribution in [0.25, 0.3) is 10.9 Å². The molecule has 0 amide bonds. The summed E-state index contributed by atoms with van der Waals surface area (Å²) in [6, 6.07) is 11.2. The first-order valence-corrected chi connectivity index (χ1v) is 7.61. The van der Waals surface area contributed by atoms with Crippen LogP contribution in [0.5, 0.6) is 0 Å². The standard InChI is InChI=1S/C17H23N3/c1-3-20-10-8-14(9-11-20)19-17-12-13(2)18-16-7-5-4-6-15(16)17/h4-7,12,14H,3,8-11H2,1-2H3,(H,18,19). The second-order valence-electron chi connectivity index (χ2n) is 5.68. The quantitative estimate of drug-likeness (QED) is 0.925. The van der Waals surface area contributed by atoms with Crippen LogP contribution in [-0.2, 0) is 0 Å². The first kappa shape index (κ1) is 13.4. The molecule has 1 aromatic carbocycles. The number of fused-ring (bicyclic) bond motifs is 1. The van der Waals surface area contributed by atoms with Crippen LogP contribution in [0.15, 0.2) is 30.3 Å². The fraction of sp³-hybridized carbons (Fsp3) is 0.471. The van der Waals surface area contributed by atoms with Crippen molar-refractivity contribution in [1.29, 1.82) is 0 Å². The van der Waals surface area contributed by atoms with Crippen molar-refractivity contribution in [3.8, 4) is 0 Å². The number of nitrogens with one attached hydrogen (secondary N) is 1. The van der Waals surface area contributed by atoms with Gasteiger partial charge in [0.05, 0.1) is 5.52 Å². The Kier molecular flexibility index (Phi) is 3.88. The SMILES string of the molecule is CCN1CCC(Nc2cc(C)nc3ccccc23)CC1. The fourth-order valence-corrected chi connectivity index (χ4v) is 3.04. The molecule has 1 aromatic heterocycles. The maximum Gasteiger partial charge on any atom is 0.0725 e. The van der Waals surface area contributed by atoms with Crippen LogP contribution < -0.4 is 5.32 Å². The van der Waals surface area contributed by atoms with E-state index in [2.05, 4.69) is 59.4 Å². The summed E-state index contributed by atoms with van der Waals surface area (Å²) < 4.78 is 0. The molecule has 1 aliphatic heterocycles. The topological polar surface area (TPSA) is 28.2 Å². The summed E-state index contributed by atoms with van der Waals surface area (Å²) >= 11 is 0. The number of para-hydroxylation sites is 1. The second-order valence-corrected chi connectivity index (χ2v) is 5.68. The van der Waals surface area contributed by atoms with E-state index in [1.54, 1.807) is 0 Å². The smallest absolute Gasteiger partial charge is 0.0725 e. The minimum absolute atomic E-state index is 0.586. The van der Waals surface area contributed by atoms with Crippen LogP contribution in [-0.4, -0.2) is 35.6 Å². The van der Waals surface area contributed by atoms with E-state index < -0.39 is 0 Å². The van der Waals surface area contributed by atoms with Crippen molar-refractivity contribution in [3.63, 3.8) is 0 Å². The molecule has 3 rings (SSSR count). The number of aromatic nitrogens is 1. The lowest BCUT2D eigenvalue weighted by Crippen LogP contribution is -2.38. The number of aryl methyl sites for hydroxylation is 1. The molecule has 2 aromatic rings. The monoisotopic (exact) mass is 269 g/mol. The van der Waals surface area contributed by atoms with Gasteiger partial charge in [0.1, 0.15) is 0 Å². The Hall–Kier alpha value is -1.61. The number of hydrogen-bond donors (Lipinski definition) is 1. The summed E-state index contributed by atoms with van der Waals surface area (Å²) in [5.41, 5.74) is 3.40. The number of anilines is 1. The van der Waals surface area contributed by atoms with E-state index in [9.17, 15) is 0 Å². The molecule has 20 heavy (non-hydrogen) atoms. The van der Waals surface area contributed by atoms with Crippen molar-refractivity contribution >= 4 is 16.6 Å². The lowest BCUT2D eigenvalue weighted by molar-refractivity contribution is 0.229. The maximum absolute atomic E-state index is 4.61. The molecule has 1 N–H and O–H groups in total. The lowest BCUT2D eigenvalue weighted by atomic mass is 10.0. The Morgan fingerprint density at radius 3 is 2.75 bits per heavy atom. The van der Waals surface area contributed by atoms with Crippen LogP contribution in [0.2, 0.25) is 0 Å². The molecular formula is C17H23N3. The zero-order valence-corrected chi connectivity index (χ0v) is 12.4. The van der Waals surface area contributed by atoms with Gasteiger partial charge >= 0.3 is 0 Å². The highest BCUT2D eigenvalue weighted by molar-refractivity contribution is 5.91. The molecule has 0 unspecified atom stereocenters. The van der Waals surface area contributed by atoms with Gasteiger partial charge in [-0.2, -0.15) is 0 Å². The van der Waals surface area contributed by atoms with Crippen LogP contribution in [0.3, 0.4) is 0 Å². The predicted molar refractivity (Wildman–Crippen MR) is 85.2 cm³/mol. The summed E-state index contributed by atoms with van der Waals surface area (Å²) in [7, 11) is 0. The van der Waals surface area contributed by atoms with Crippen LogP contribution in [0, 0.1) is 6.92 Å². The molecular weight excluding hydrogens is 246 g/mol. The second kappa shape index (κ2) is 5.80. The molecule has 0 atom stereocenters. The minimum atomic E-state index is 0.586. The number of piperidine rings is 1. The van der Waals surface area contributed by atoms with Crippen molar-refractivity contribution in [1.82, 2.24) is 9.88 Å². The van der Waals surface area contributed by atoms with Gasteiger partial charge in [0.2, 0.25) is 0 Å². The largest absolute Gasteiger partial charge is 0.382 e. The Bertz CT molecular complexity index is 586. The van der Waals surface area contributed by atoms with Crippen LogP contribution in [0.4, 0.5) is 5.69 Å². The summed E-state index contributed by atoms with van der Waals surface area (Å²) in [5, 5.41) is 4.98. The summed E-state index contributed by atoms with van der Waals surface area (Å²) in [5.74, 6) is 0. The van der Waals surface area contributed by atoms with Gasteiger partial charge in [0.15, 0.2) is 0 Å². The molecule has 2 heterocycles. The Morgan fingerprint density at radius 1 is 1.25 bits per heavy atom. The molecule has 1 fully saturated rings. The van der Waals surface area contributed by atoms with Crippen molar-refractivity contribution < 1.29 is 0 Å². The minimum Gasteiger partial charge on any atom is -0.382 e. The molecule has 106 valence electrons. The number of nitrogens with zero attached hydrogens (tertiary/aromatic N) is 2. The van der Waals surface area contributed by atoms with Gasteiger partial charge in [0.25, 0.3) is 0 Å². The molecule has 1 saturated heterocycles. The van der Waals surface area contributed by atoms with E-state index in [4.69, 9.17) is 0 Å². The molecule has 0 aliphatic carbocycles. The fourth-order valence-electron chi connectivity index (χ4n) is 3.04. The van der Waals surface area contributed by atoms with Crippen molar-refractivity contribution in [3.05, 3.63) is 36.0 Å². The van der Waals surface area contributed by atoms with Crippen LogP contribution >= 0.6 is 0 Å². The lowest BCUT2D eigenvalue weighted by Gasteiger charge is -2.32. The number of benzene rings is 1. The van der Waals surface area contributed by atoms with Gasteiger partial charge in [-0.25, -0.2) is 0 Å². The molecule has 1 aliphatic rings. The van der Waals surface area contributed by atoms with Gasteiger partial charge in [-0.05, 0) is 38.4 Å². The highest BCUT2D eigenvalue weighted by atomic mass is 15.1. The van der Waals surface area contributed by atoms with Crippen molar-refractivity contribution in [2.45, 2.75) is 32.7 Å². The number of likely N-dealkylation sites (tertiary alicyclic amines) is 1. The Balaban J connectivity index is 1.81. The highest BCUT2D eigenvalue weighted by Gasteiger charge is 2.18.